The molecular weight excluding hydrogens is 222 g/mol. The smallest absolute Gasteiger partial charge is 0.136 e. The molecule has 0 aliphatic heterocycles. The van der Waals surface area contributed by atoms with Crippen molar-refractivity contribution in [1.82, 2.24) is 0 Å². The zero-order chi connectivity index (χ0) is 11.6. The maximum atomic E-state index is 5.78. The van der Waals surface area contributed by atoms with Crippen LogP contribution in [0.2, 0.25) is 0 Å². The topological polar surface area (TPSA) is 44.5 Å². The first kappa shape index (κ1) is 11.6. The third-order valence-corrected chi connectivity index (χ3v) is 4.44. The van der Waals surface area contributed by atoms with Gasteiger partial charge in [-0.1, -0.05) is 0 Å². The van der Waals surface area contributed by atoms with Gasteiger partial charge >= 0.3 is 0 Å². The van der Waals surface area contributed by atoms with Crippen molar-refractivity contribution in [3.8, 4) is 11.5 Å². The molecule has 2 N–H and O–H groups in total. The number of rotatable bonds is 5. The highest BCUT2D eigenvalue weighted by atomic mass is 32.2. The van der Waals surface area contributed by atoms with Crippen molar-refractivity contribution in [2.24, 2.45) is 5.73 Å². The van der Waals surface area contributed by atoms with Gasteiger partial charge in [-0.25, -0.2) is 0 Å². The molecular formula is C12H17NO2S. The summed E-state index contributed by atoms with van der Waals surface area (Å²) in [5, 5.41) is 0. The van der Waals surface area contributed by atoms with Gasteiger partial charge in [0.15, 0.2) is 0 Å². The standard InChI is InChI=1S/C12H17NO2S/c1-14-9-3-4-11(10(7-9)15-2)16-12(8-13)5-6-12/h3-4,7H,5-6,8,13H2,1-2H3. The van der Waals surface area contributed by atoms with Gasteiger partial charge in [0.2, 0.25) is 0 Å². The maximum Gasteiger partial charge on any atom is 0.136 e. The molecule has 2 rings (SSSR count). The zero-order valence-electron chi connectivity index (χ0n) is 9.66. The number of thioether (sulfide) groups is 1. The van der Waals surface area contributed by atoms with Crippen molar-refractivity contribution >= 4 is 11.8 Å². The Balaban J connectivity index is 2.20. The Morgan fingerprint density at radius 3 is 2.56 bits per heavy atom. The Hall–Kier alpha value is -0.870. The van der Waals surface area contributed by atoms with E-state index in [1.54, 1.807) is 14.2 Å². The minimum absolute atomic E-state index is 0.252. The number of nitrogens with two attached hydrogens (primary N) is 1. The van der Waals surface area contributed by atoms with E-state index in [0.29, 0.717) is 0 Å². The summed E-state index contributed by atoms with van der Waals surface area (Å²) < 4.78 is 10.8. The van der Waals surface area contributed by atoms with E-state index < -0.39 is 0 Å². The van der Waals surface area contributed by atoms with E-state index in [4.69, 9.17) is 15.2 Å². The molecule has 1 aliphatic rings. The van der Waals surface area contributed by atoms with E-state index in [1.165, 1.54) is 12.8 Å². The molecule has 0 radical (unpaired) electrons. The lowest BCUT2D eigenvalue weighted by Crippen LogP contribution is -2.17. The summed E-state index contributed by atoms with van der Waals surface area (Å²) >= 11 is 1.82. The molecule has 0 bridgehead atoms. The van der Waals surface area contributed by atoms with Crippen LogP contribution in [0.25, 0.3) is 0 Å². The first-order valence-electron chi connectivity index (χ1n) is 5.34. The zero-order valence-corrected chi connectivity index (χ0v) is 10.5. The predicted molar refractivity (Wildman–Crippen MR) is 66.4 cm³/mol. The lowest BCUT2D eigenvalue weighted by atomic mass is 10.3. The highest BCUT2D eigenvalue weighted by Crippen LogP contribution is 2.53. The molecule has 0 amide bonds. The number of hydrogen-bond acceptors (Lipinski definition) is 4. The normalized spacial score (nSPS) is 16.9. The number of benzene rings is 1. The van der Waals surface area contributed by atoms with Crippen LogP contribution in [-0.4, -0.2) is 25.5 Å². The summed E-state index contributed by atoms with van der Waals surface area (Å²) in [5.41, 5.74) is 5.78. The fourth-order valence-corrected chi connectivity index (χ4v) is 2.81. The van der Waals surface area contributed by atoms with Gasteiger partial charge in [0, 0.05) is 17.4 Å². The molecule has 0 spiro atoms. The Kier molecular flexibility index (Phi) is 3.30. The molecule has 1 aliphatic carbocycles. The van der Waals surface area contributed by atoms with Gasteiger partial charge in [-0.2, -0.15) is 0 Å². The fourth-order valence-electron chi connectivity index (χ4n) is 1.58. The highest BCUT2D eigenvalue weighted by molar-refractivity contribution is 8.01. The number of ether oxygens (including phenoxy) is 2. The van der Waals surface area contributed by atoms with Crippen LogP contribution in [-0.2, 0) is 0 Å². The molecule has 3 nitrogen and oxygen atoms in total. The molecule has 16 heavy (non-hydrogen) atoms. The second kappa shape index (κ2) is 4.55. The van der Waals surface area contributed by atoms with Gasteiger partial charge in [-0.15, -0.1) is 11.8 Å². The average molecular weight is 239 g/mol. The SMILES string of the molecule is COc1ccc(SC2(CN)CC2)c(OC)c1. The van der Waals surface area contributed by atoms with Gasteiger partial charge in [0.25, 0.3) is 0 Å². The highest BCUT2D eigenvalue weighted by Gasteiger charge is 2.42. The van der Waals surface area contributed by atoms with E-state index >= 15 is 0 Å². The fraction of sp³-hybridized carbons (Fsp3) is 0.500. The third kappa shape index (κ3) is 2.28. The predicted octanol–water partition coefficient (Wildman–Crippen LogP) is 2.29. The van der Waals surface area contributed by atoms with Crippen LogP contribution in [0.5, 0.6) is 11.5 Å². The first-order valence-corrected chi connectivity index (χ1v) is 6.16. The van der Waals surface area contributed by atoms with E-state index in [-0.39, 0.29) is 4.75 Å². The quantitative estimate of drug-likeness (QED) is 0.856. The minimum Gasteiger partial charge on any atom is -0.497 e. The Morgan fingerprint density at radius 1 is 1.31 bits per heavy atom. The summed E-state index contributed by atoms with van der Waals surface area (Å²) in [6.07, 6.45) is 2.40. The van der Waals surface area contributed by atoms with Crippen LogP contribution in [0.3, 0.4) is 0 Å². The van der Waals surface area contributed by atoms with Crippen molar-refractivity contribution in [2.45, 2.75) is 22.5 Å². The summed E-state index contributed by atoms with van der Waals surface area (Å²) in [5.74, 6) is 1.68. The van der Waals surface area contributed by atoms with E-state index in [1.807, 2.05) is 30.0 Å². The second-order valence-corrected chi connectivity index (χ2v) is 5.52. The maximum absolute atomic E-state index is 5.78. The van der Waals surface area contributed by atoms with Crippen LogP contribution < -0.4 is 15.2 Å². The summed E-state index contributed by atoms with van der Waals surface area (Å²) in [6, 6.07) is 5.91. The van der Waals surface area contributed by atoms with Gasteiger partial charge in [0.05, 0.1) is 19.1 Å². The second-order valence-electron chi connectivity index (χ2n) is 4.01. The van der Waals surface area contributed by atoms with Gasteiger partial charge in [0.1, 0.15) is 11.5 Å². The van der Waals surface area contributed by atoms with E-state index in [0.717, 1.165) is 22.9 Å². The summed E-state index contributed by atoms with van der Waals surface area (Å²) in [7, 11) is 3.34. The largest absolute Gasteiger partial charge is 0.497 e. The van der Waals surface area contributed by atoms with Crippen LogP contribution >= 0.6 is 11.8 Å². The first-order chi connectivity index (χ1) is 7.73. The molecule has 88 valence electrons. The van der Waals surface area contributed by atoms with E-state index in [2.05, 4.69) is 0 Å². The monoisotopic (exact) mass is 239 g/mol. The number of hydrogen-bond donors (Lipinski definition) is 1. The lowest BCUT2D eigenvalue weighted by molar-refractivity contribution is 0.387. The van der Waals surface area contributed by atoms with Gasteiger partial charge in [-0.05, 0) is 25.0 Å². The van der Waals surface area contributed by atoms with Crippen molar-refractivity contribution in [3.05, 3.63) is 18.2 Å². The molecule has 1 fully saturated rings. The van der Waals surface area contributed by atoms with Crippen LogP contribution in [0.4, 0.5) is 0 Å². The molecule has 1 saturated carbocycles. The molecule has 0 atom stereocenters. The van der Waals surface area contributed by atoms with Crippen molar-refractivity contribution < 1.29 is 9.47 Å². The summed E-state index contributed by atoms with van der Waals surface area (Å²) in [6.45, 7) is 0.729. The third-order valence-electron chi connectivity index (χ3n) is 2.88. The lowest BCUT2D eigenvalue weighted by Gasteiger charge is -2.15. The van der Waals surface area contributed by atoms with Crippen LogP contribution in [0, 0.1) is 0 Å². The van der Waals surface area contributed by atoms with Crippen molar-refractivity contribution in [3.63, 3.8) is 0 Å². The Labute approximate surface area is 100 Å². The molecule has 0 aromatic heterocycles. The van der Waals surface area contributed by atoms with Gasteiger partial charge in [-0.3, -0.25) is 0 Å². The summed E-state index contributed by atoms with van der Waals surface area (Å²) in [4.78, 5) is 1.14. The van der Waals surface area contributed by atoms with Gasteiger partial charge < -0.3 is 15.2 Å². The number of methoxy groups -OCH3 is 2. The van der Waals surface area contributed by atoms with Crippen molar-refractivity contribution in [1.29, 1.82) is 0 Å². The molecule has 0 unspecified atom stereocenters. The minimum atomic E-state index is 0.252. The Morgan fingerprint density at radius 2 is 2.06 bits per heavy atom. The molecule has 1 aromatic rings. The molecule has 0 saturated heterocycles. The van der Waals surface area contributed by atoms with Crippen LogP contribution in [0.15, 0.2) is 23.1 Å². The van der Waals surface area contributed by atoms with E-state index in [9.17, 15) is 0 Å². The van der Waals surface area contributed by atoms with Crippen molar-refractivity contribution in [2.75, 3.05) is 20.8 Å². The molecule has 1 aromatic carbocycles. The van der Waals surface area contributed by atoms with Crippen LogP contribution in [0.1, 0.15) is 12.8 Å². The molecule has 0 heterocycles. The Bertz CT molecular complexity index is 377. The molecule has 4 heteroatoms. The average Bonchev–Trinajstić information content (AvgIpc) is 3.10.